The predicted molar refractivity (Wildman–Crippen MR) is 151 cm³/mol. The molecule has 1 nitrogen and oxygen atoms in total. The topological polar surface area (TPSA) is 12.9 Å². The first-order chi connectivity index (χ1) is 16.9. The summed E-state index contributed by atoms with van der Waals surface area (Å²) in [5.74, 6) is 0. The van der Waals surface area contributed by atoms with Crippen molar-refractivity contribution in [2.75, 3.05) is 0 Å². The van der Waals surface area contributed by atoms with E-state index in [0.29, 0.717) is 0 Å². The quantitative estimate of drug-likeness (QED) is 0.239. The molecule has 0 bridgehead atoms. The zero-order chi connectivity index (χ0) is 24.2. The number of aryl methyl sites for hydroxylation is 1. The van der Waals surface area contributed by atoms with Gasteiger partial charge in [0.1, 0.15) is 0 Å². The van der Waals surface area contributed by atoms with Crippen LogP contribution in [-0.4, -0.2) is 4.98 Å². The maximum Gasteiger partial charge on any atom is 0.0780 e. The van der Waals surface area contributed by atoms with Crippen molar-refractivity contribution in [3.05, 3.63) is 114 Å². The molecule has 1 aromatic heterocycles. The van der Waals surface area contributed by atoms with Crippen molar-refractivity contribution in [2.24, 2.45) is 0 Å². The van der Waals surface area contributed by atoms with Crippen molar-refractivity contribution in [3.8, 4) is 22.4 Å². The molecule has 1 heteroatoms. The summed E-state index contributed by atoms with van der Waals surface area (Å²) in [7, 11) is 0. The third-order valence-corrected chi connectivity index (χ3v) is 7.08. The van der Waals surface area contributed by atoms with E-state index in [4.69, 9.17) is 4.98 Å². The molecule has 0 fully saturated rings. The average Bonchev–Trinajstić information content (AvgIpc) is 2.87. The maximum absolute atomic E-state index is 4.86. The molecule has 0 N–H and O–H groups in total. The number of pyridine rings is 1. The fourth-order valence-corrected chi connectivity index (χ4v) is 5.23. The van der Waals surface area contributed by atoms with Crippen LogP contribution in [0.4, 0.5) is 0 Å². The Hall–Kier alpha value is -3.97. The lowest BCUT2D eigenvalue weighted by atomic mass is 9.85. The lowest BCUT2D eigenvalue weighted by Gasteiger charge is -2.20. The Bertz CT molecular complexity index is 1720. The van der Waals surface area contributed by atoms with Crippen LogP contribution in [0.5, 0.6) is 0 Å². The molecule has 0 saturated heterocycles. The molecule has 0 aliphatic carbocycles. The van der Waals surface area contributed by atoms with E-state index in [2.05, 4.69) is 125 Å². The standard InChI is InChI=1S/C34H29N/c1-22-18-25(23-8-6-5-7-9-23)20-26(19-22)33-32-15-14-29-28-13-11-27(34(2,3)4)21-24(28)10-12-30(29)31(32)16-17-35-33/h5-21H,1-4H3. The number of hydrogen-bond donors (Lipinski definition) is 0. The molecular weight excluding hydrogens is 422 g/mol. The molecule has 0 atom stereocenters. The largest absolute Gasteiger partial charge is 0.256 e. The van der Waals surface area contributed by atoms with Crippen LogP contribution >= 0.6 is 0 Å². The number of aromatic nitrogens is 1. The third kappa shape index (κ3) is 3.78. The summed E-state index contributed by atoms with van der Waals surface area (Å²) in [6, 6.07) is 35.5. The molecule has 6 aromatic rings. The van der Waals surface area contributed by atoms with Gasteiger partial charge >= 0.3 is 0 Å². The van der Waals surface area contributed by atoms with E-state index in [1.165, 1.54) is 54.6 Å². The molecule has 0 unspecified atom stereocenters. The Balaban J connectivity index is 1.56. The van der Waals surface area contributed by atoms with E-state index in [-0.39, 0.29) is 5.41 Å². The SMILES string of the molecule is Cc1cc(-c2ccccc2)cc(-c2nccc3c2ccc2c4ccc(C(C)(C)C)cc4ccc32)c1. The molecule has 0 saturated carbocycles. The van der Waals surface area contributed by atoms with E-state index in [1.54, 1.807) is 0 Å². The van der Waals surface area contributed by atoms with E-state index in [0.717, 1.165) is 11.3 Å². The average molecular weight is 452 g/mol. The highest BCUT2D eigenvalue weighted by atomic mass is 14.7. The highest BCUT2D eigenvalue weighted by Crippen LogP contribution is 2.37. The number of hydrogen-bond acceptors (Lipinski definition) is 1. The second-order valence-corrected chi connectivity index (χ2v) is 10.6. The monoisotopic (exact) mass is 451 g/mol. The summed E-state index contributed by atoms with van der Waals surface area (Å²) < 4.78 is 0. The summed E-state index contributed by atoms with van der Waals surface area (Å²) in [6.07, 6.45) is 1.95. The Morgan fingerprint density at radius 2 is 1.20 bits per heavy atom. The van der Waals surface area contributed by atoms with Crippen molar-refractivity contribution in [3.63, 3.8) is 0 Å². The van der Waals surface area contributed by atoms with Crippen LogP contribution in [0.2, 0.25) is 0 Å². The fourth-order valence-electron chi connectivity index (χ4n) is 5.23. The highest BCUT2D eigenvalue weighted by Gasteiger charge is 2.15. The lowest BCUT2D eigenvalue weighted by molar-refractivity contribution is 0.591. The van der Waals surface area contributed by atoms with Gasteiger partial charge in [-0.2, -0.15) is 0 Å². The Morgan fingerprint density at radius 3 is 2.00 bits per heavy atom. The first kappa shape index (κ1) is 21.6. The van der Waals surface area contributed by atoms with E-state index < -0.39 is 0 Å². The van der Waals surface area contributed by atoms with Crippen molar-refractivity contribution >= 4 is 32.3 Å². The molecule has 0 radical (unpaired) electrons. The van der Waals surface area contributed by atoms with Crippen LogP contribution in [0.25, 0.3) is 54.7 Å². The molecular formula is C34H29N. The van der Waals surface area contributed by atoms with E-state index in [9.17, 15) is 0 Å². The number of benzene rings is 5. The van der Waals surface area contributed by atoms with Gasteiger partial charge in [-0.15, -0.1) is 0 Å². The van der Waals surface area contributed by atoms with Crippen LogP contribution < -0.4 is 0 Å². The van der Waals surface area contributed by atoms with Crippen molar-refractivity contribution in [1.82, 2.24) is 4.98 Å². The summed E-state index contributed by atoms with van der Waals surface area (Å²) in [6.45, 7) is 8.97. The van der Waals surface area contributed by atoms with E-state index >= 15 is 0 Å². The van der Waals surface area contributed by atoms with Gasteiger partial charge in [0, 0.05) is 17.1 Å². The lowest BCUT2D eigenvalue weighted by Crippen LogP contribution is -2.10. The van der Waals surface area contributed by atoms with Crippen LogP contribution in [0.1, 0.15) is 31.9 Å². The third-order valence-electron chi connectivity index (χ3n) is 7.08. The second kappa shape index (κ2) is 8.06. The Labute approximate surface area is 207 Å². The Morgan fingerprint density at radius 1 is 0.543 bits per heavy atom. The molecule has 35 heavy (non-hydrogen) atoms. The van der Waals surface area contributed by atoms with Gasteiger partial charge in [0.15, 0.2) is 0 Å². The number of rotatable bonds is 2. The molecule has 170 valence electrons. The van der Waals surface area contributed by atoms with Crippen LogP contribution in [0.15, 0.2) is 103 Å². The fraction of sp³-hybridized carbons (Fsp3) is 0.147. The molecule has 0 amide bonds. The van der Waals surface area contributed by atoms with Gasteiger partial charge in [0.25, 0.3) is 0 Å². The second-order valence-electron chi connectivity index (χ2n) is 10.6. The normalized spacial score (nSPS) is 12.0. The minimum Gasteiger partial charge on any atom is -0.256 e. The molecule has 5 aromatic carbocycles. The van der Waals surface area contributed by atoms with Gasteiger partial charge in [-0.05, 0) is 79.7 Å². The molecule has 6 rings (SSSR count). The Kier molecular flexibility index (Phi) is 4.96. The van der Waals surface area contributed by atoms with Crippen molar-refractivity contribution in [1.29, 1.82) is 0 Å². The van der Waals surface area contributed by atoms with Gasteiger partial charge in [-0.3, -0.25) is 4.98 Å². The number of nitrogens with zero attached hydrogens (tertiary/aromatic N) is 1. The predicted octanol–water partition coefficient (Wildman–Crippen LogP) is 9.48. The molecule has 1 heterocycles. The summed E-state index contributed by atoms with van der Waals surface area (Å²) in [5, 5.41) is 7.61. The van der Waals surface area contributed by atoms with E-state index in [1.807, 2.05) is 6.20 Å². The van der Waals surface area contributed by atoms with Gasteiger partial charge in [0.2, 0.25) is 0 Å². The van der Waals surface area contributed by atoms with Gasteiger partial charge in [-0.1, -0.05) is 99.6 Å². The van der Waals surface area contributed by atoms with Gasteiger partial charge in [-0.25, -0.2) is 0 Å². The first-order valence-corrected chi connectivity index (χ1v) is 12.3. The number of fused-ring (bicyclic) bond motifs is 5. The molecule has 0 aliphatic rings. The summed E-state index contributed by atoms with van der Waals surface area (Å²) >= 11 is 0. The van der Waals surface area contributed by atoms with Crippen molar-refractivity contribution < 1.29 is 0 Å². The summed E-state index contributed by atoms with van der Waals surface area (Å²) in [4.78, 5) is 4.86. The van der Waals surface area contributed by atoms with Crippen LogP contribution in [-0.2, 0) is 5.41 Å². The summed E-state index contributed by atoms with van der Waals surface area (Å²) in [5.41, 5.74) is 7.38. The highest BCUT2D eigenvalue weighted by molar-refractivity contribution is 6.19. The molecule has 0 aliphatic heterocycles. The minimum absolute atomic E-state index is 0.138. The van der Waals surface area contributed by atoms with Gasteiger partial charge < -0.3 is 0 Å². The first-order valence-electron chi connectivity index (χ1n) is 12.3. The maximum atomic E-state index is 4.86. The minimum atomic E-state index is 0.138. The van der Waals surface area contributed by atoms with Gasteiger partial charge in [0.05, 0.1) is 5.69 Å². The smallest absolute Gasteiger partial charge is 0.0780 e. The van der Waals surface area contributed by atoms with Crippen LogP contribution in [0.3, 0.4) is 0 Å². The molecule has 0 spiro atoms. The van der Waals surface area contributed by atoms with Crippen molar-refractivity contribution in [2.45, 2.75) is 33.1 Å². The van der Waals surface area contributed by atoms with Crippen LogP contribution in [0, 0.1) is 6.92 Å². The zero-order valence-electron chi connectivity index (χ0n) is 20.8. The zero-order valence-corrected chi connectivity index (χ0v) is 20.8.